The van der Waals surface area contributed by atoms with Crippen molar-refractivity contribution in [2.75, 3.05) is 25.2 Å². The zero-order valence-corrected chi connectivity index (χ0v) is 11.8. The van der Waals surface area contributed by atoms with Crippen LogP contribution < -0.4 is 4.90 Å². The number of rotatable bonds is 7. The lowest BCUT2D eigenvalue weighted by Crippen LogP contribution is -2.37. The summed E-state index contributed by atoms with van der Waals surface area (Å²) >= 11 is 0. The van der Waals surface area contributed by atoms with Gasteiger partial charge in [0.2, 0.25) is 0 Å². The highest BCUT2D eigenvalue weighted by Gasteiger charge is 2.20. The zero-order valence-electron chi connectivity index (χ0n) is 11.8. The van der Waals surface area contributed by atoms with Crippen LogP contribution in [0.25, 0.3) is 0 Å². The highest BCUT2D eigenvalue weighted by molar-refractivity contribution is 5.60. The van der Waals surface area contributed by atoms with Gasteiger partial charge in [0, 0.05) is 19.7 Å². The summed E-state index contributed by atoms with van der Waals surface area (Å²) in [7, 11) is 1.64. The number of hydrogen-bond donors (Lipinski definition) is 0. The summed E-state index contributed by atoms with van der Waals surface area (Å²) < 4.78 is 18.8. The number of hydrogen-bond acceptors (Lipinski definition) is 3. The van der Waals surface area contributed by atoms with E-state index in [2.05, 4.69) is 18.7 Å². The minimum atomic E-state index is -0.464. The molecule has 0 aliphatic rings. The second-order valence-electron chi connectivity index (χ2n) is 4.40. The normalized spacial score (nSPS) is 10.5. The molecule has 0 fully saturated rings. The van der Waals surface area contributed by atoms with Gasteiger partial charge in [0.05, 0.1) is 12.3 Å². The van der Waals surface area contributed by atoms with Gasteiger partial charge in [-0.15, -0.1) is 0 Å². The number of nitriles is 1. The van der Waals surface area contributed by atoms with E-state index in [1.807, 2.05) is 6.07 Å². The SMILES string of the molecule is CCC(CC)N(CCOC)c1cccc(F)c1C#N. The zero-order chi connectivity index (χ0) is 14.3. The molecule has 1 aromatic rings. The summed E-state index contributed by atoms with van der Waals surface area (Å²) in [5.41, 5.74) is 0.777. The summed E-state index contributed by atoms with van der Waals surface area (Å²) in [4.78, 5) is 2.07. The maximum atomic E-state index is 13.7. The molecular weight excluding hydrogens is 243 g/mol. The van der Waals surface area contributed by atoms with Gasteiger partial charge in [-0.3, -0.25) is 0 Å². The third-order valence-corrected chi connectivity index (χ3v) is 3.33. The van der Waals surface area contributed by atoms with Crippen molar-refractivity contribution in [2.24, 2.45) is 0 Å². The van der Waals surface area contributed by atoms with Gasteiger partial charge in [-0.05, 0) is 25.0 Å². The minimum Gasteiger partial charge on any atom is -0.383 e. The van der Waals surface area contributed by atoms with Crippen molar-refractivity contribution in [1.29, 1.82) is 5.26 Å². The van der Waals surface area contributed by atoms with Gasteiger partial charge < -0.3 is 9.64 Å². The monoisotopic (exact) mass is 264 g/mol. The Labute approximate surface area is 114 Å². The molecule has 0 spiro atoms. The van der Waals surface area contributed by atoms with E-state index in [4.69, 9.17) is 10.00 Å². The number of ether oxygens (including phenoxy) is 1. The van der Waals surface area contributed by atoms with E-state index in [9.17, 15) is 4.39 Å². The van der Waals surface area contributed by atoms with E-state index < -0.39 is 5.82 Å². The molecule has 0 radical (unpaired) electrons. The molecule has 0 amide bonds. The maximum absolute atomic E-state index is 13.7. The Bertz CT molecular complexity index is 438. The van der Waals surface area contributed by atoms with Gasteiger partial charge in [-0.1, -0.05) is 19.9 Å². The van der Waals surface area contributed by atoms with Crippen molar-refractivity contribution in [2.45, 2.75) is 32.7 Å². The second-order valence-corrected chi connectivity index (χ2v) is 4.40. The molecule has 4 heteroatoms. The molecule has 0 aromatic heterocycles. The second kappa shape index (κ2) is 7.75. The van der Waals surface area contributed by atoms with Crippen molar-refractivity contribution < 1.29 is 9.13 Å². The fraction of sp³-hybridized carbons (Fsp3) is 0.533. The molecule has 1 aromatic carbocycles. The van der Waals surface area contributed by atoms with Crippen molar-refractivity contribution >= 4 is 5.69 Å². The van der Waals surface area contributed by atoms with Gasteiger partial charge in [0.1, 0.15) is 17.4 Å². The summed E-state index contributed by atoms with van der Waals surface area (Å²) in [5.74, 6) is -0.464. The first-order chi connectivity index (χ1) is 9.19. The first-order valence-corrected chi connectivity index (χ1v) is 6.63. The fourth-order valence-corrected chi connectivity index (χ4v) is 2.28. The van der Waals surface area contributed by atoms with Crippen molar-refractivity contribution in [3.05, 3.63) is 29.6 Å². The summed E-state index contributed by atoms with van der Waals surface area (Å²) in [5, 5.41) is 9.15. The van der Waals surface area contributed by atoms with Gasteiger partial charge in [0.15, 0.2) is 0 Å². The van der Waals surface area contributed by atoms with Gasteiger partial charge in [-0.25, -0.2) is 4.39 Å². The van der Waals surface area contributed by atoms with Crippen LogP contribution in [0.5, 0.6) is 0 Å². The van der Waals surface area contributed by atoms with Crippen LogP contribution in [0.15, 0.2) is 18.2 Å². The van der Waals surface area contributed by atoms with E-state index in [-0.39, 0.29) is 11.6 Å². The molecule has 19 heavy (non-hydrogen) atoms. The predicted octanol–water partition coefficient (Wildman–Crippen LogP) is 3.34. The lowest BCUT2D eigenvalue weighted by atomic mass is 10.1. The number of benzene rings is 1. The Balaban J connectivity index is 3.17. The molecule has 0 aliphatic heterocycles. The average Bonchev–Trinajstić information content (AvgIpc) is 2.43. The van der Waals surface area contributed by atoms with Crippen LogP contribution in [0.1, 0.15) is 32.3 Å². The lowest BCUT2D eigenvalue weighted by molar-refractivity contribution is 0.202. The van der Waals surface area contributed by atoms with E-state index >= 15 is 0 Å². The Hall–Kier alpha value is -1.60. The topological polar surface area (TPSA) is 36.3 Å². The van der Waals surface area contributed by atoms with E-state index in [1.165, 1.54) is 6.07 Å². The van der Waals surface area contributed by atoms with Crippen molar-refractivity contribution in [3.63, 3.8) is 0 Å². The van der Waals surface area contributed by atoms with E-state index in [0.29, 0.717) is 18.8 Å². The molecule has 1 rings (SSSR count). The third kappa shape index (κ3) is 3.68. The fourth-order valence-electron chi connectivity index (χ4n) is 2.28. The quantitative estimate of drug-likeness (QED) is 0.758. The van der Waals surface area contributed by atoms with Crippen molar-refractivity contribution in [1.82, 2.24) is 0 Å². The molecule has 0 saturated carbocycles. The Morgan fingerprint density at radius 2 is 2.05 bits per heavy atom. The highest BCUT2D eigenvalue weighted by atomic mass is 19.1. The number of nitrogens with zero attached hydrogens (tertiary/aromatic N) is 2. The summed E-state index contributed by atoms with van der Waals surface area (Å²) in [6.45, 7) is 5.40. The molecule has 0 heterocycles. The molecule has 0 unspecified atom stereocenters. The number of halogens is 1. The highest BCUT2D eigenvalue weighted by Crippen LogP contribution is 2.26. The molecule has 0 aliphatic carbocycles. The molecule has 0 bridgehead atoms. The standard InChI is InChI=1S/C15H21FN2O/c1-4-12(5-2)18(9-10-19-3)15-8-6-7-14(16)13(15)11-17/h6-8,12H,4-5,9-10H2,1-3H3. The van der Waals surface area contributed by atoms with Crippen molar-refractivity contribution in [3.8, 4) is 6.07 Å². The first-order valence-electron chi connectivity index (χ1n) is 6.63. The van der Waals surface area contributed by atoms with Crippen LogP contribution >= 0.6 is 0 Å². The lowest BCUT2D eigenvalue weighted by Gasteiger charge is -2.33. The van der Waals surface area contributed by atoms with E-state index in [0.717, 1.165) is 12.8 Å². The molecule has 3 nitrogen and oxygen atoms in total. The van der Waals surface area contributed by atoms with Gasteiger partial charge >= 0.3 is 0 Å². The molecule has 104 valence electrons. The van der Waals surface area contributed by atoms with Gasteiger partial charge in [0.25, 0.3) is 0 Å². The summed E-state index contributed by atoms with van der Waals surface area (Å²) in [6.07, 6.45) is 1.89. The number of anilines is 1. The molecule has 0 N–H and O–H groups in total. The van der Waals surface area contributed by atoms with Crippen LogP contribution in [0, 0.1) is 17.1 Å². The Morgan fingerprint density at radius 1 is 1.37 bits per heavy atom. The number of methoxy groups -OCH3 is 1. The van der Waals surface area contributed by atoms with Crippen LogP contribution in [0.2, 0.25) is 0 Å². The Kier molecular flexibility index (Phi) is 6.31. The Morgan fingerprint density at radius 3 is 2.58 bits per heavy atom. The molecule has 0 atom stereocenters. The van der Waals surface area contributed by atoms with Gasteiger partial charge in [-0.2, -0.15) is 5.26 Å². The molecular formula is C15H21FN2O. The minimum absolute atomic E-state index is 0.116. The summed E-state index contributed by atoms with van der Waals surface area (Å²) in [6, 6.07) is 7.02. The maximum Gasteiger partial charge on any atom is 0.143 e. The third-order valence-electron chi connectivity index (χ3n) is 3.33. The van der Waals surface area contributed by atoms with E-state index in [1.54, 1.807) is 19.2 Å². The first kappa shape index (κ1) is 15.5. The largest absolute Gasteiger partial charge is 0.383 e. The smallest absolute Gasteiger partial charge is 0.143 e. The molecule has 0 saturated heterocycles. The van der Waals surface area contributed by atoms with Crippen LogP contribution in [0.3, 0.4) is 0 Å². The van der Waals surface area contributed by atoms with Crippen LogP contribution in [0.4, 0.5) is 10.1 Å². The predicted molar refractivity (Wildman–Crippen MR) is 74.7 cm³/mol. The average molecular weight is 264 g/mol. The van der Waals surface area contributed by atoms with Crippen LogP contribution in [-0.2, 0) is 4.74 Å². The van der Waals surface area contributed by atoms with Crippen LogP contribution in [-0.4, -0.2) is 26.3 Å².